The van der Waals surface area contributed by atoms with Gasteiger partial charge in [-0.15, -0.1) is 0 Å². The molecule has 7 nitrogen and oxygen atoms in total. The maximum Gasteiger partial charge on any atom is 0.251 e. The van der Waals surface area contributed by atoms with Crippen LogP contribution in [-0.2, 0) is 9.53 Å². The smallest absolute Gasteiger partial charge is 0.251 e. The molecule has 1 fully saturated rings. The summed E-state index contributed by atoms with van der Waals surface area (Å²) >= 11 is 0. The molecule has 0 saturated carbocycles. The third-order valence-electron chi connectivity index (χ3n) is 4.72. The first-order valence-electron chi connectivity index (χ1n) is 10.4. The van der Waals surface area contributed by atoms with Gasteiger partial charge in [-0.25, -0.2) is 0 Å². The van der Waals surface area contributed by atoms with Crippen LogP contribution in [0.2, 0.25) is 0 Å². The van der Waals surface area contributed by atoms with Gasteiger partial charge in [0.05, 0.1) is 18.3 Å². The number of hydrogen-bond acceptors (Lipinski definition) is 5. The van der Waals surface area contributed by atoms with Crippen LogP contribution in [-0.4, -0.2) is 44.2 Å². The topological polar surface area (TPSA) is 88.7 Å². The van der Waals surface area contributed by atoms with Crippen molar-refractivity contribution in [3.63, 3.8) is 0 Å². The number of carbonyl (C=O) groups excluding carboxylic acids is 2. The zero-order valence-corrected chi connectivity index (χ0v) is 17.3. The normalized spacial score (nSPS) is 15.4. The maximum absolute atomic E-state index is 12.4. The highest BCUT2D eigenvalue weighted by molar-refractivity contribution is 5.96. The Labute approximate surface area is 177 Å². The molecule has 1 aliphatic rings. The van der Waals surface area contributed by atoms with E-state index in [-0.39, 0.29) is 24.5 Å². The molecule has 2 aromatic rings. The molecule has 0 aromatic heterocycles. The minimum absolute atomic E-state index is 0.0695. The monoisotopic (exact) mass is 411 g/mol. The van der Waals surface area contributed by atoms with Crippen LogP contribution in [0.4, 0.5) is 11.4 Å². The van der Waals surface area contributed by atoms with Crippen molar-refractivity contribution in [2.75, 3.05) is 36.9 Å². The van der Waals surface area contributed by atoms with Crippen LogP contribution < -0.4 is 20.7 Å². The van der Waals surface area contributed by atoms with Crippen LogP contribution >= 0.6 is 0 Å². The van der Waals surface area contributed by atoms with Gasteiger partial charge >= 0.3 is 0 Å². The van der Waals surface area contributed by atoms with E-state index in [1.165, 1.54) is 0 Å². The summed E-state index contributed by atoms with van der Waals surface area (Å²) < 4.78 is 11.4. The highest BCUT2D eigenvalue weighted by Gasteiger charge is 2.17. The van der Waals surface area contributed by atoms with Gasteiger partial charge in [0.2, 0.25) is 5.91 Å². The number of amides is 2. The van der Waals surface area contributed by atoms with E-state index >= 15 is 0 Å². The standard InChI is InChI=1S/C23H29N3O4/c1-2-12-24-23(28)17-7-5-8-18(14-17)25-15-22(27)26-20-10-3-4-11-21(20)30-16-19-9-6-13-29-19/h3-5,7-8,10-11,14,19,25H,2,6,9,12-13,15-16H2,1H3,(H,24,28)(H,26,27). The quantitative estimate of drug-likeness (QED) is 0.557. The highest BCUT2D eigenvalue weighted by atomic mass is 16.5. The first-order valence-corrected chi connectivity index (χ1v) is 10.4. The number of ether oxygens (including phenoxy) is 2. The molecule has 2 aromatic carbocycles. The number of para-hydroxylation sites is 2. The molecule has 2 amide bonds. The van der Waals surface area contributed by atoms with Gasteiger partial charge in [0, 0.05) is 24.4 Å². The van der Waals surface area contributed by atoms with Gasteiger partial charge in [0.15, 0.2) is 0 Å². The second-order valence-corrected chi connectivity index (χ2v) is 7.18. The summed E-state index contributed by atoms with van der Waals surface area (Å²) in [5.41, 5.74) is 1.88. The molecule has 30 heavy (non-hydrogen) atoms. The Kier molecular flexibility index (Phi) is 8.09. The van der Waals surface area contributed by atoms with E-state index in [4.69, 9.17) is 9.47 Å². The molecule has 3 N–H and O–H groups in total. The molecule has 0 radical (unpaired) electrons. The van der Waals surface area contributed by atoms with Crippen molar-refractivity contribution >= 4 is 23.2 Å². The van der Waals surface area contributed by atoms with Crippen molar-refractivity contribution in [3.05, 3.63) is 54.1 Å². The highest BCUT2D eigenvalue weighted by Crippen LogP contribution is 2.25. The van der Waals surface area contributed by atoms with Crippen molar-refractivity contribution < 1.29 is 19.1 Å². The van der Waals surface area contributed by atoms with Gasteiger partial charge in [-0.2, -0.15) is 0 Å². The minimum Gasteiger partial charge on any atom is -0.489 e. The molecular weight excluding hydrogens is 382 g/mol. The molecule has 160 valence electrons. The van der Waals surface area contributed by atoms with Gasteiger partial charge in [-0.3, -0.25) is 9.59 Å². The van der Waals surface area contributed by atoms with Crippen molar-refractivity contribution in [1.82, 2.24) is 5.32 Å². The fourth-order valence-corrected chi connectivity index (χ4v) is 3.14. The molecule has 1 atom stereocenters. The van der Waals surface area contributed by atoms with E-state index in [0.717, 1.165) is 25.9 Å². The Balaban J connectivity index is 1.52. The lowest BCUT2D eigenvalue weighted by Gasteiger charge is -2.15. The third kappa shape index (κ3) is 6.49. The van der Waals surface area contributed by atoms with E-state index in [0.29, 0.717) is 35.8 Å². The van der Waals surface area contributed by atoms with Crippen molar-refractivity contribution in [1.29, 1.82) is 0 Å². The van der Waals surface area contributed by atoms with Crippen molar-refractivity contribution in [2.24, 2.45) is 0 Å². The molecule has 0 spiro atoms. The Morgan fingerprint density at radius 1 is 1.17 bits per heavy atom. The van der Waals surface area contributed by atoms with Gasteiger partial charge in [-0.1, -0.05) is 25.1 Å². The zero-order valence-electron chi connectivity index (χ0n) is 17.3. The number of benzene rings is 2. The maximum atomic E-state index is 12.4. The van der Waals surface area contributed by atoms with E-state index in [9.17, 15) is 9.59 Å². The predicted octanol–water partition coefficient (Wildman–Crippen LogP) is 3.43. The average Bonchev–Trinajstić information content (AvgIpc) is 3.29. The summed E-state index contributed by atoms with van der Waals surface area (Å²) in [4.78, 5) is 24.5. The minimum atomic E-state index is -0.205. The lowest BCUT2D eigenvalue weighted by atomic mass is 10.2. The second-order valence-electron chi connectivity index (χ2n) is 7.18. The molecule has 1 unspecified atom stereocenters. The van der Waals surface area contributed by atoms with Gasteiger partial charge < -0.3 is 25.4 Å². The van der Waals surface area contributed by atoms with Gasteiger partial charge in [0.1, 0.15) is 12.4 Å². The fraction of sp³-hybridized carbons (Fsp3) is 0.391. The molecule has 3 rings (SSSR count). The van der Waals surface area contributed by atoms with Crippen molar-refractivity contribution in [2.45, 2.75) is 32.3 Å². The zero-order chi connectivity index (χ0) is 21.2. The third-order valence-corrected chi connectivity index (χ3v) is 4.72. The summed E-state index contributed by atoms with van der Waals surface area (Å²) in [5, 5.41) is 8.78. The van der Waals surface area contributed by atoms with E-state index in [1.54, 1.807) is 24.3 Å². The largest absolute Gasteiger partial charge is 0.489 e. The van der Waals surface area contributed by atoms with E-state index in [1.807, 2.05) is 31.2 Å². The Morgan fingerprint density at radius 3 is 2.83 bits per heavy atom. The van der Waals surface area contributed by atoms with Crippen LogP contribution in [0.3, 0.4) is 0 Å². The summed E-state index contributed by atoms with van der Waals surface area (Å²) in [6, 6.07) is 14.4. The van der Waals surface area contributed by atoms with Crippen LogP contribution in [0, 0.1) is 0 Å². The Morgan fingerprint density at radius 2 is 2.03 bits per heavy atom. The lowest BCUT2D eigenvalue weighted by Crippen LogP contribution is -2.24. The number of nitrogens with one attached hydrogen (secondary N) is 3. The molecule has 1 saturated heterocycles. The molecular formula is C23H29N3O4. The Hall–Kier alpha value is -3.06. The number of anilines is 2. The molecule has 0 bridgehead atoms. The first kappa shape index (κ1) is 21.6. The summed E-state index contributed by atoms with van der Waals surface area (Å²) in [6.07, 6.45) is 3.04. The fourth-order valence-electron chi connectivity index (χ4n) is 3.14. The van der Waals surface area contributed by atoms with E-state index < -0.39 is 0 Å². The van der Waals surface area contributed by atoms with Crippen LogP contribution in [0.5, 0.6) is 5.75 Å². The van der Waals surface area contributed by atoms with Crippen LogP contribution in [0.25, 0.3) is 0 Å². The van der Waals surface area contributed by atoms with E-state index in [2.05, 4.69) is 16.0 Å². The number of rotatable bonds is 10. The molecule has 1 heterocycles. The van der Waals surface area contributed by atoms with Crippen LogP contribution in [0.15, 0.2) is 48.5 Å². The molecule has 7 heteroatoms. The SMILES string of the molecule is CCCNC(=O)c1cccc(NCC(=O)Nc2ccccc2OCC2CCCO2)c1. The van der Waals surface area contributed by atoms with Crippen molar-refractivity contribution in [3.8, 4) is 5.75 Å². The average molecular weight is 412 g/mol. The lowest BCUT2D eigenvalue weighted by molar-refractivity contribution is -0.114. The number of carbonyl (C=O) groups is 2. The summed E-state index contributed by atoms with van der Waals surface area (Å²) in [7, 11) is 0. The van der Waals surface area contributed by atoms with Crippen LogP contribution in [0.1, 0.15) is 36.5 Å². The second kappa shape index (κ2) is 11.2. The number of hydrogen-bond donors (Lipinski definition) is 3. The molecule has 1 aliphatic heterocycles. The predicted molar refractivity (Wildman–Crippen MR) is 117 cm³/mol. The van der Waals surface area contributed by atoms with Gasteiger partial charge in [0.25, 0.3) is 5.91 Å². The Bertz CT molecular complexity index is 850. The molecule has 0 aliphatic carbocycles. The summed E-state index contributed by atoms with van der Waals surface area (Å²) in [5.74, 6) is 0.294. The first-order chi connectivity index (χ1) is 14.7. The van der Waals surface area contributed by atoms with Gasteiger partial charge in [-0.05, 0) is 49.6 Å². The summed E-state index contributed by atoms with van der Waals surface area (Å²) in [6.45, 7) is 3.95.